The number of thiocarbonyl (C=S) groups is 3. The van der Waals surface area contributed by atoms with Gasteiger partial charge in [0.1, 0.15) is 37.1 Å². The molecule has 0 aromatic heterocycles. The molecule has 9 nitrogen and oxygen atoms in total. The van der Waals surface area contributed by atoms with Crippen molar-refractivity contribution in [3.8, 4) is 17.2 Å². The highest BCUT2D eigenvalue weighted by Gasteiger charge is 2.38. The third-order valence-electron chi connectivity index (χ3n) is 14.3. The predicted octanol–water partition coefficient (Wildman–Crippen LogP) is 16.7. The van der Waals surface area contributed by atoms with Crippen LogP contribution >= 0.6 is 36.7 Å². The molecule has 440 valence electrons. The molecule has 0 aliphatic carbocycles. The molecule has 0 saturated carbocycles. The fraction of sp³-hybridized carbons (Fsp3) is 0.443. The van der Waals surface area contributed by atoms with Gasteiger partial charge < -0.3 is 46.1 Å². The number of anilines is 3. The number of nitrogens with one attached hydrogen (secondary N) is 6. The van der Waals surface area contributed by atoms with E-state index in [1.807, 2.05) is 91.0 Å². The summed E-state index contributed by atoms with van der Waals surface area (Å²) < 4.78 is 22.2. The van der Waals surface area contributed by atoms with Crippen molar-refractivity contribution in [1.29, 1.82) is 0 Å². The summed E-state index contributed by atoms with van der Waals surface area (Å²) in [5.41, 5.74) is 10.9. The molecule has 0 aliphatic rings. The highest BCUT2D eigenvalue weighted by Crippen LogP contribution is 2.53. The zero-order chi connectivity index (χ0) is 60.4. The molecule has 0 saturated heterocycles. The van der Waals surface area contributed by atoms with Crippen LogP contribution in [0, 0.1) is 0 Å². The van der Waals surface area contributed by atoms with Crippen LogP contribution in [0.3, 0.4) is 0 Å². The highest BCUT2D eigenvalue weighted by atomic mass is 32.1. The van der Waals surface area contributed by atoms with Gasteiger partial charge in [-0.3, -0.25) is 0 Å². The molecule has 0 aliphatic heterocycles. The second kappa shape index (κ2) is 27.0. The maximum atomic E-state index is 7.41. The third kappa shape index (κ3) is 18.1. The SMILES string of the molecule is CC(C)(C)c1cc(C(c2cc(C(C)(C)C)cc(C(C)(C)C)c2OCCNC(=S)Nc2ccccc2)c2cc(C(C)(C)C)cc(C(C)(C)C)c2OCCNC(=S)Nc2ccccc2)c(OCCNC(=S)Nc2ccccc2)c(C(C)(C)C)c1. The van der Waals surface area contributed by atoms with E-state index in [9.17, 15) is 0 Å². The molecule has 0 amide bonds. The monoisotopic (exact) mass is 1160 g/mol. The average molecular weight is 1160 g/mol. The molecule has 0 spiro atoms. The molecule has 12 heteroatoms. The summed E-state index contributed by atoms with van der Waals surface area (Å²) >= 11 is 17.5. The van der Waals surface area contributed by atoms with Crippen molar-refractivity contribution in [2.45, 2.75) is 163 Å². The van der Waals surface area contributed by atoms with Gasteiger partial charge in [0.15, 0.2) is 15.3 Å². The van der Waals surface area contributed by atoms with E-state index >= 15 is 0 Å². The standard InChI is InChI=1S/C70H94N6O3S3/c1-65(2,3)46-40-52(59(55(43-46)68(10,11)12)77-37-34-71-62(80)74-49-28-22-19-23-29-49)58(53-41-47(66(4,5)6)44-56(69(13,14)15)60(53)78-38-35-72-63(81)75-50-30-24-20-25-31-50)54-42-48(67(7,8)9)45-57(70(16,17)18)61(54)79-39-36-73-64(82)76-51-32-26-21-27-33-51/h19-33,40-45,58H,34-39H2,1-18H3,(H2,71,74,80)(H2,72,75,81)(H2,73,76,82). The van der Waals surface area contributed by atoms with E-state index in [-0.39, 0.29) is 32.5 Å². The van der Waals surface area contributed by atoms with Crippen molar-refractivity contribution >= 4 is 69.1 Å². The zero-order valence-electron chi connectivity index (χ0n) is 52.4. The summed E-state index contributed by atoms with van der Waals surface area (Å²) in [5.74, 6) is 1.95. The molecule has 6 aromatic rings. The van der Waals surface area contributed by atoms with Crippen molar-refractivity contribution in [1.82, 2.24) is 16.0 Å². The molecule has 0 radical (unpaired) electrons. The topological polar surface area (TPSA) is 99.9 Å². The lowest BCUT2D eigenvalue weighted by Crippen LogP contribution is -2.33. The van der Waals surface area contributed by atoms with Gasteiger partial charge in [0.25, 0.3) is 0 Å². The second-order valence-electron chi connectivity index (χ2n) is 27.5. The molecule has 0 heterocycles. The third-order valence-corrected chi connectivity index (χ3v) is 15.0. The van der Waals surface area contributed by atoms with Gasteiger partial charge >= 0.3 is 0 Å². The van der Waals surface area contributed by atoms with Crippen LogP contribution in [-0.4, -0.2) is 54.8 Å². The number of ether oxygens (including phenoxy) is 3. The normalized spacial score (nSPS) is 12.3. The quantitative estimate of drug-likeness (QED) is 0.0281. The maximum absolute atomic E-state index is 7.41. The summed E-state index contributed by atoms with van der Waals surface area (Å²) in [6.45, 7) is 43.6. The summed E-state index contributed by atoms with van der Waals surface area (Å²) in [5, 5.41) is 21.9. The fourth-order valence-electron chi connectivity index (χ4n) is 9.60. The van der Waals surface area contributed by atoms with Crippen LogP contribution in [0.15, 0.2) is 127 Å². The van der Waals surface area contributed by atoms with Gasteiger partial charge in [-0.2, -0.15) is 0 Å². The Labute approximate surface area is 509 Å². The summed E-state index contributed by atoms with van der Waals surface area (Å²) in [7, 11) is 0. The lowest BCUT2D eigenvalue weighted by Gasteiger charge is -2.37. The van der Waals surface area contributed by atoms with Crippen LogP contribution in [0.5, 0.6) is 17.2 Å². The number of hydrogen-bond acceptors (Lipinski definition) is 6. The Morgan fingerprint density at radius 1 is 0.341 bits per heavy atom. The Kier molecular flexibility index (Phi) is 21.4. The Morgan fingerprint density at radius 2 is 0.573 bits per heavy atom. The average Bonchev–Trinajstić information content (AvgIpc) is 1.09. The smallest absolute Gasteiger partial charge is 0.170 e. The lowest BCUT2D eigenvalue weighted by atomic mass is 9.70. The Bertz CT molecular complexity index is 2790. The van der Waals surface area contributed by atoms with Crippen LogP contribution in [-0.2, 0) is 32.5 Å². The molecule has 82 heavy (non-hydrogen) atoms. The predicted molar refractivity (Wildman–Crippen MR) is 361 cm³/mol. The Morgan fingerprint density at radius 3 is 0.780 bits per heavy atom. The molecule has 6 N–H and O–H groups in total. The van der Waals surface area contributed by atoms with E-state index in [2.05, 4.69) is 193 Å². The van der Waals surface area contributed by atoms with Crippen LogP contribution in [0.25, 0.3) is 0 Å². The van der Waals surface area contributed by atoms with Gasteiger partial charge in [0.05, 0.1) is 19.6 Å². The minimum Gasteiger partial charge on any atom is -0.491 e. The van der Waals surface area contributed by atoms with Gasteiger partial charge in [-0.1, -0.05) is 216 Å². The van der Waals surface area contributed by atoms with Gasteiger partial charge in [-0.15, -0.1) is 0 Å². The lowest BCUT2D eigenvalue weighted by molar-refractivity contribution is 0.300. The van der Waals surface area contributed by atoms with E-state index in [0.29, 0.717) is 54.8 Å². The van der Waals surface area contributed by atoms with Crippen LogP contribution in [0.1, 0.15) is 181 Å². The first-order valence-electron chi connectivity index (χ1n) is 29.0. The molecule has 0 fully saturated rings. The van der Waals surface area contributed by atoms with Gasteiger partial charge in [-0.05, 0) is 122 Å². The summed E-state index contributed by atoms with van der Waals surface area (Å²) in [6, 6.07) is 44.3. The first-order valence-corrected chi connectivity index (χ1v) is 30.2. The molecule has 6 aromatic carbocycles. The minimum absolute atomic E-state index is 0.253. The van der Waals surface area contributed by atoms with Crippen LogP contribution < -0.4 is 46.1 Å². The van der Waals surface area contributed by atoms with E-state index in [1.165, 1.54) is 16.7 Å². The van der Waals surface area contributed by atoms with Crippen molar-refractivity contribution in [2.24, 2.45) is 0 Å². The van der Waals surface area contributed by atoms with Crippen molar-refractivity contribution in [3.63, 3.8) is 0 Å². The van der Waals surface area contributed by atoms with Crippen LogP contribution in [0.2, 0.25) is 0 Å². The van der Waals surface area contributed by atoms with Gasteiger partial charge in [-0.25, -0.2) is 0 Å². The number of benzene rings is 6. The molecular weight excluding hydrogens is 1070 g/mol. The summed E-state index contributed by atoms with van der Waals surface area (Å²) in [4.78, 5) is 0. The molecule has 0 atom stereocenters. The van der Waals surface area contributed by atoms with Gasteiger partial charge in [0, 0.05) is 56.4 Å². The van der Waals surface area contributed by atoms with Crippen molar-refractivity contribution in [3.05, 3.63) is 177 Å². The minimum atomic E-state index is -0.508. The van der Waals surface area contributed by atoms with E-state index in [4.69, 9.17) is 50.9 Å². The van der Waals surface area contributed by atoms with E-state index < -0.39 is 5.92 Å². The first kappa shape index (κ1) is 65.0. The van der Waals surface area contributed by atoms with Crippen molar-refractivity contribution < 1.29 is 14.2 Å². The molecule has 0 unspecified atom stereocenters. The number of para-hydroxylation sites is 3. The van der Waals surface area contributed by atoms with Gasteiger partial charge in [0.2, 0.25) is 0 Å². The van der Waals surface area contributed by atoms with Crippen LogP contribution in [0.4, 0.5) is 17.1 Å². The largest absolute Gasteiger partial charge is 0.491 e. The Hall–Kier alpha value is -6.21. The van der Waals surface area contributed by atoms with Crippen molar-refractivity contribution in [2.75, 3.05) is 55.4 Å². The molecule has 6 rings (SSSR count). The maximum Gasteiger partial charge on any atom is 0.170 e. The Balaban J connectivity index is 1.68. The highest BCUT2D eigenvalue weighted by molar-refractivity contribution is 7.80. The second-order valence-corrected chi connectivity index (χ2v) is 28.8. The number of hydrogen-bond donors (Lipinski definition) is 6. The number of rotatable bonds is 18. The summed E-state index contributed by atoms with van der Waals surface area (Å²) in [6.07, 6.45) is 0. The fourth-order valence-corrected chi connectivity index (χ4v) is 10.3. The molecule has 0 bridgehead atoms. The molecular formula is C70H94N6O3S3. The van der Waals surface area contributed by atoms with E-state index in [0.717, 1.165) is 67.7 Å². The van der Waals surface area contributed by atoms with E-state index in [1.54, 1.807) is 0 Å². The zero-order valence-corrected chi connectivity index (χ0v) is 54.8. The first-order chi connectivity index (χ1) is 38.2.